The molecule has 0 spiro atoms. The first kappa shape index (κ1) is 12.1. The molecule has 5 nitrogen and oxygen atoms in total. The van der Waals surface area contributed by atoms with Gasteiger partial charge in [-0.25, -0.2) is 0 Å². The van der Waals surface area contributed by atoms with Crippen LogP contribution >= 0.6 is 0 Å². The molecule has 2 rings (SSSR count). The molecular formula is C12H19N3O2. The number of nitrogens with zero attached hydrogens (tertiary/aromatic N) is 2. The monoisotopic (exact) mass is 237 g/mol. The average Bonchev–Trinajstić information content (AvgIpc) is 2.54. The maximum atomic E-state index is 12.5. The number of nitrogens with one attached hydrogen (secondary N) is 1. The predicted octanol–water partition coefficient (Wildman–Crippen LogP) is 1.12. The Bertz CT molecular complexity index is 390. The molecule has 1 saturated heterocycles. The fourth-order valence-corrected chi connectivity index (χ4v) is 2.12. The van der Waals surface area contributed by atoms with Crippen LogP contribution in [0.3, 0.4) is 0 Å². The highest BCUT2D eigenvalue weighted by Crippen LogP contribution is 2.18. The lowest BCUT2D eigenvalue weighted by Gasteiger charge is -2.38. The van der Waals surface area contributed by atoms with Crippen LogP contribution in [0.4, 0.5) is 0 Å². The van der Waals surface area contributed by atoms with Gasteiger partial charge in [0.1, 0.15) is 11.3 Å². The van der Waals surface area contributed by atoms with Gasteiger partial charge in [0.15, 0.2) is 0 Å². The molecule has 1 aromatic heterocycles. The van der Waals surface area contributed by atoms with Crippen molar-refractivity contribution in [3.8, 4) is 0 Å². The second-order valence-electron chi connectivity index (χ2n) is 4.51. The smallest absolute Gasteiger partial charge is 0.259 e. The van der Waals surface area contributed by atoms with Gasteiger partial charge in [-0.15, -0.1) is 0 Å². The van der Waals surface area contributed by atoms with Gasteiger partial charge in [0.2, 0.25) is 0 Å². The Labute approximate surface area is 101 Å². The highest BCUT2D eigenvalue weighted by Gasteiger charge is 2.31. The summed E-state index contributed by atoms with van der Waals surface area (Å²) in [6, 6.07) is 0.316. The maximum Gasteiger partial charge on any atom is 0.259 e. The van der Waals surface area contributed by atoms with Crippen molar-refractivity contribution < 1.29 is 9.32 Å². The van der Waals surface area contributed by atoms with E-state index in [1.807, 2.05) is 11.8 Å². The second-order valence-corrected chi connectivity index (χ2v) is 4.51. The number of aryl methyl sites for hydroxylation is 2. The molecule has 0 unspecified atom stereocenters. The number of hydrogen-bond acceptors (Lipinski definition) is 4. The summed E-state index contributed by atoms with van der Waals surface area (Å²) in [4.78, 5) is 14.4. The molecule has 1 aliphatic heterocycles. The van der Waals surface area contributed by atoms with Gasteiger partial charge >= 0.3 is 0 Å². The molecule has 0 bridgehead atoms. The molecule has 0 radical (unpaired) electrons. The third-order valence-electron chi connectivity index (χ3n) is 3.17. The zero-order chi connectivity index (χ0) is 12.4. The summed E-state index contributed by atoms with van der Waals surface area (Å²) in [5, 5.41) is 7.04. The molecular weight excluding hydrogens is 218 g/mol. The van der Waals surface area contributed by atoms with Gasteiger partial charge in [0.05, 0.1) is 11.7 Å². The number of aromatic nitrogens is 1. The topological polar surface area (TPSA) is 58.4 Å². The van der Waals surface area contributed by atoms with Crippen LogP contribution in [0, 0.1) is 13.8 Å². The van der Waals surface area contributed by atoms with Gasteiger partial charge in [-0.05, 0) is 20.3 Å². The Kier molecular flexibility index (Phi) is 3.47. The number of hydrogen-bond donors (Lipinski definition) is 1. The van der Waals surface area contributed by atoms with Crippen molar-refractivity contribution in [2.45, 2.75) is 33.2 Å². The largest absolute Gasteiger partial charge is 0.361 e. The third-order valence-corrected chi connectivity index (χ3v) is 3.17. The van der Waals surface area contributed by atoms with Gasteiger partial charge in [-0.2, -0.15) is 0 Å². The van der Waals surface area contributed by atoms with E-state index in [1.54, 1.807) is 6.92 Å². The van der Waals surface area contributed by atoms with Gasteiger partial charge in [0, 0.05) is 19.6 Å². The molecule has 17 heavy (non-hydrogen) atoms. The van der Waals surface area contributed by atoms with Crippen LogP contribution in [0.15, 0.2) is 4.52 Å². The van der Waals surface area contributed by atoms with E-state index < -0.39 is 0 Å². The molecule has 1 aliphatic rings. The molecule has 1 aromatic rings. The molecule has 0 atom stereocenters. The van der Waals surface area contributed by atoms with E-state index >= 15 is 0 Å². The maximum absolute atomic E-state index is 12.5. The fourth-order valence-electron chi connectivity index (χ4n) is 2.12. The second kappa shape index (κ2) is 4.87. The highest BCUT2D eigenvalue weighted by atomic mass is 16.5. The SMILES string of the molecule is CCCN(C(=O)c1c(C)noc1C)C1CNC1. The van der Waals surface area contributed by atoms with E-state index in [0.29, 0.717) is 23.1 Å². The number of amides is 1. The Hall–Kier alpha value is -1.36. The summed E-state index contributed by atoms with van der Waals surface area (Å²) >= 11 is 0. The van der Waals surface area contributed by atoms with E-state index in [1.165, 1.54) is 0 Å². The zero-order valence-electron chi connectivity index (χ0n) is 10.6. The molecule has 1 fully saturated rings. The highest BCUT2D eigenvalue weighted by molar-refractivity contribution is 5.96. The Balaban J connectivity index is 2.21. The molecule has 1 amide bonds. The average molecular weight is 237 g/mol. The van der Waals surface area contributed by atoms with Crippen LogP contribution < -0.4 is 5.32 Å². The molecule has 2 heterocycles. The first-order chi connectivity index (χ1) is 8.15. The molecule has 1 N–H and O–H groups in total. The van der Waals surface area contributed by atoms with E-state index in [0.717, 1.165) is 26.1 Å². The van der Waals surface area contributed by atoms with Gasteiger partial charge in [-0.3, -0.25) is 4.79 Å². The summed E-state index contributed by atoms with van der Waals surface area (Å²) in [7, 11) is 0. The van der Waals surface area contributed by atoms with E-state index in [9.17, 15) is 4.79 Å². The minimum atomic E-state index is 0.0506. The molecule has 5 heteroatoms. The van der Waals surface area contributed by atoms with Gasteiger partial charge < -0.3 is 14.7 Å². The third kappa shape index (κ3) is 2.20. The van der Waals surface area contributed by atoms with Crippen molar-refractivity contribution in [3.05, 3.63) is 17.0 Å². The lowest BCUT2D eigenvalue weighted by molar-refractivity contribution is 0.0613. The summed E-state index contributed by atoms with van der Waals surface area (Å²) in [6.07, 6.45) is 0.964. The zero-order valence-corrected chi connectivity index (χ0v) is 10.6. The fraction of sp³-hybridized carbons (Fsp3) is 0.667. The standard InChI is InChI=1S/C12H19N3O2/c1-4-5-15(10-6-13-7-10)12(16)11-8(2)14-17-9(11)3/h10,13H,4-7H2,1-3H3. The van der Waals surface area contributed by atoms with Crippen LogP contribution in [-0.4, -0.2) is 41.6 Å². The summed E-state index contributed by atoms with van der Waals surface area (Å²) in [5.74, 6) is 0.662. The van der Waals surface area contributed by atoms with E-state index in [4.69, 9.17) is 4.52 Å². The number of carbonyl (C=O) groups excluding carboxylic acids is 1. The van der Waals surface area contributed by atoms with Crippen molar-refractivity contribution >= 4 is 5.91 Å². The first-order valence-electron chi connectivity index (χ1n) is 6.09. The molecule has 0 aliphatic carbocycles. The van der Waals surface area contributed by atoms with Crippen molar-refractivity contribution in [1.29, 1.82) is 0 Å². The summed E-state index contributed by atoms with van der Waals surface area (Å²) in [5.41, 5.74) is 1.31. The minimum absolute atomic E-state index is 0.0506. The molecule has 0 saturated carbocycles. The number of carbonyl (C=O) groups is 1. The van der Waals surface area contributed by atoms with Crippen molar-refractivity contribution in [1.82, 2.24) is 15.4 Å². The predicted molar refractivity (Wildman–Crippen MR) is 64.0 cm³/mol. The molecule has 94 valence electrons. The number of rotatable bonds is 4. The van der Waals surface area contributed by atoms with Crippen molar-refractivity contribution in [2.24, 2.45) is 0 Å². The molecule has 0 aromatic carbocycles. The minimum Gasteiger partial charge on any atom is -0.361 e. The van der Waals surface area contributed by atoms with Crippen LogP contribution in [0.2, 0.25) is 0 Å². The van der Waals surface area contributed by atoms with Crippen LogP contribution in [0.25, 0.3) is 0 Å². The van der Waals surface area contributed by atoms with Gasteiger partial charge in [-0.1, -0.05) is 12.1 Å². The Morgan fingerprint density at radius 1 is 1.53 bits per heavy atom. The lowest BCUT2D eigenvalue weighted by Crippen LogP contribution is -2.59. The van der Waals surface area contributed by atoms with E-state index in [-0.39, 0.29) is 5.91 Å². The first-order valence-corrected chi connectivity index (χ1v) is 6.09. The van der Waals surface area contributed by atoms with Crippen LogP contribution in [0.5, 0.6) is 0 Å². The van der Waals surface area contributed by atoms with Gasteiger partial charge in [0.25, 0.3) is 5.91 Å². The lowest BCUT2D eigenvalue weighted by atomic mass is 10.1. The normalized spacial score (nSPS) is 15.7. The summed E-state index contributed by atoms with van der Waals surface area (Å²) < 4.78 is 5.06. The Morgan fingerprint density at radius 2 is 2.24 bits per heavy atom. The Morgan fingerprint density at radius 3 is 2.65 bits per heavy atom. The van der Waals surface area contributed by atoms with Crippen LogP contribution in [-0.2, 0) is 0 Å². The summed E-state index contributed by atoms with van der Waals surface area (Å²) in [6.45, 7) is 8.24. The van der Waals surface area contributed by atoms with Crippen LogP contribution in [0.1, 0.15) is 35.2 Å². The van der Waals surface area contributed by atoms with Crippen molar-refractivity contribution in [2.75, 3.05) is 19.6 Å². The van der Waals surface area contributed by atoms with E-state index in [2.05, 4.69) is 17.4 Å². The van der Waals surface area contributed by atoms with Crippen molar-refractivity contribution in [3.63, 3.8) is 0 Å². The quantitative estimate of drug-likeness (QED) is 0.852.